The molecule has 0 spiro atoms. The molecule has 6 nitrogen and oxygen atoms in total. The van der Waals surface area contributed by atoms with E-state index in [1.54, 1.807) is 29.2 Å². The number of benzene rings is 1. The van der Waals surface area contributed by atoms with E-state index in [9.17, 15) is 14.4 Å². The van der Waals surface area contributed by atoms with Gasteiger partial charge < -0.3 is 15.3 Å². The highest BCUT2D eigenvalue weighted by atomic mass is 16.4. The molecule has 0 bridgehead atoms. The van der Waals surface area contributed by atoms with Gasteiger partial charge in [0.25, 0.3) is 5.91 Å². The molecule has 0 heterocycles. The van der Waals surface area contributed by atoms with E-state index in [1.165, 1.54) is 0 Å². The largest absolute Gasteiger partial charge is 0.481 e. The van der Waals surface area contributed by atoms with Gasteiger partial charge in [-0.1, -0.05) is 18.2 Å². The molecule has 0 aliphatic heterocycles. The lowest BCUT2D eigenvalue weighted by molar-refractivity contribution is -0.139. The van der Waals surface area contributed by atoms with Crippen molar-refractivity contribution in [1.29, 1.82) is 0 Å². The van der Waals surface area contributed by atoms with Gasteiger partial charge in [0.2, 0.25) is 5.91 Å². The zero-order chi connectivity index (χ0) is 17.2. The number of nitrogens with one attached hydrogen (secondary N) is 1. The number of rotatable bonds is 9. The molecule has 0 fully saturated rings. The molecule has 0 aliphatic rings. The van der Waals surface area contributed by atoms with Crippen molar-refractivity contribution in [3.63, 3.8) is 0 Å². The molecule has 1 rings (SSSR count). The van der Waals surface area contributed by atoms with Crippen LogP contribution in [0.3, 0.4) is 0 Å². The van der Waals surface area contributed by atoms with Crippen LogP contribution in [0.4, 0.5) is 0 Å². The first-order valence-electron chi connectivity index (χ1n) is 7.76. The molecular weight excluding hydrogens is 296 g/mol. The average Bonchev–Trinajstić information content (AvgIpc) is 2.51. The van der Waals surface area contributed by atoms with E-state index in [0.717, 1.165) is 0 Å². The van der Waals surface area contributed by atoms with Gasteiger partial charge in [-0.3, -0.25) is 14.4 Å². The minimum Gasteiger partial charge on any atom is -0.481 e. The number of carboxylic acids is 1. The number of nitrogens with zero attached hydrogens (tertiary/aromatic N) is 1. The second-order valence-corrected chi connectivity index (χ2v) is 5.55. The van der Waals surface area contributed by atoms with Gasteiger partial charge in [-0.05, 0) is 32.4 Å². The maximum absolute atomic E-state index is 12.1. The zero-order valence-electron chi connectivity index (χ0n) is 13.6. The second-order valence-electron chi connectivity index (χ2n) is 5.55. The normalized spacial score (nSPS) is 10.4. The molecule has 6 heteroatoms. The Bertz CT molecular complexity index is 529. The van der Waals surface area contributed by atoms with Gasteiger partial charge in [0.15, 0.2) is 0 Å². The van der Waals surface area contributed by atoms with Gasteiger partial charge in [0.1, 0.15) is 0 Å². The fourth-order valence-electron chi connectivity index (χ4n) is 2.16. The van der Waals surface area contributed by atoms with Crippen LogP contribution in [-0.4, -0.2) is 46.9 Å². The molecule has 0 saturated carbocycles. The van der Waals surface area contributed by atoms with E-state index >= 15 is 0 Å². The summed E-state index contributed by atoms with van der Waals surface area (Å²) in [4.78, 5) is 36.2. The van der Waals surface area contributed by atoms with Gasteiger partial charge in [-0.2, -0.15) is 0 Å². The fourth-order valence-corrected chi connectivity index (χ4v) is 2.16. The number of amides is 2. The van der Waals surface area contributed by atoms with E-state index in [1.807, 2.05) is 19.9 Å². The van der Waals surface area contributed by atoms with Crippen LogP contribution in [-0.2, 0) is 9.59 Å². The SMILES string of the molecule is CC(C)N(CCC(=O)O)C(=O)CCCNC(=O)c1ccccc1. The summed E-state index contributed by atoms with van der Waals surface area (Å²) in [7, 11) is 0. The maximum Gasteiger partial charge on any atom is 0.305 e. The van der Waals surface area contributed by atoms with E-state index in [2.05, 4.69) is 5.32 Å². The number of hydrogen-bond acceptors (Lipinski definition) is 3. The third kappa shape index (κ3) is 6.95. The van der Waals surface area contributed by atoms with Crippen LogP contribution in [0.5, 0.6) is 0 Å². The Hall–Kier alpha value is -2.37. The molecule has 2 N–H and O–H groups in total. The van der Waals surface area contributed by atoms with E-state index in [4.69, 9.17) is 5.11 Å². The van der Waals surface area contributed by atoms with Crippen molar-refractivity contribution in [3.8, 4) is 0 Å². The minimum atomic E-state index is -0.918. The lowest BCUT2D eigenvalue weighted by Crippen LogP contribution is -2.38. The standard InChI is InChI=1S/C17H24N2O4/c1-13(2)19(12-10-16(21)22)15(20)9-6-11-18-17(23)14-7-4-3-5-8-14/h3-5,7-8,13H,6,9-12H2,1-2H3,(H,18,23)(H,21,22). The molecule has 2 amide bonds. The van der Waals surface area contributed by atoms with E-state index in [-0.39, 0.29) is 37.2 Å². The molecule has 0 atom stereocenters. The Kier molecular flexibility index (Phi) is 7.80. The van der Waals surface area contributed by atoms with Crippen molar-refractivity contribution >= 4 is 17.8 Å². The Morgan fingerprint density at radius 3 is 2.35 bits per heavy atom. The Balaban J connectivity index is 2.34. The summed E-state index contributed by atoms with van der Waals surface area (Å²) in [6.07, 6.45) is 0.745. The molecule has 23 heavy (non-hydrogen) atoms. The molecule has 0 aliphatic carbocycles. The highest BCUT2D eigenvalue weighted by Crippen LogP contribution is 2.05. The highest BCUT2D eigenvalue weighted by molar-refractivity contribution is 5.94. The van der Waals surface area contributed by atoms with Crippen LogP contribution in [0.2, 0.25) is 0 Å². The van der Waals surface area contributed by atoms with Gasteiger partial charge in [0.05, 0.1) is 6.42 Å². The Morgan fingerprint density at radius 2 is 1.78 bits per heavy atom. The monoisotopic (exact) mass is 320 g/mol. The van der Waals surface area contributed by atoms with Gasteiger partial charge in [-0.25, -0.2) is 0 Å². The fraction of sp³-hybridized carbons (Fsp3) is 0.471. The highest BCUT2D eigenvalue weighted by Gasteiger charge is 2.17. The summed E-state index contributed by atoms with van der Waals surface area (Å²) in [5.41, 5.74) is 0.587. The van der Waals surface area contributed by atoms with Crippen LogP contribution in [0.25, 0.3) is 0 Å². The lowest BCUT2D eigenvalue weighted by Gasteiger charge is -2.26. The zero-order valence-corrected chi connectivity index (χ0v) is 13.6. The summed E-state index contributed by atoms with van der Waals surface area (Å²) in [5.74, 6) is -1.17. The topological polar surface area (TPSA) is 86.7 Å². The Morgan fingerprint density at radius 1 is 1.13 bits per heavy atom. The van der Waals surface area contributed by atoms with Gasteiger partial charge in [0, 0.05) is 31.1 Å². The third-order valence-corrected chi connectivity index (χ3v) is 3.40. The van der Waals surface area contributed by atoms with Crippen molar-refractivity contribution in [3.05, 3.63) is 35.9 Å². The average molecular weight is 320 g/mol. The number of hydrogen-bond donors (Lipinski definition) is 2. The lowest BCUT2D eigenvalue weighted by atomic mass is 10.2. The molecule has 126 valence electrons. The molecular formula is C17H24N2O4. The molecule has 0 saturated heterocycles. The van der Waals surface area contributed by atoms with Gasteiger partial charge >= 0.3 is 5.97 Å². The molecule has 0 radical (unpaired) electrons. The number of carbonyl (C=O) groups excluding carboxylic acids is 2. The first-order valence-corrected chi connectivity index (χ1v) is 7.76. The van der Waals surface area contributed by atoms with Crippen LogP contribution in [0.15, 0.2) is 30.3 Å². The van der Waals surface area contributed by atoms with E-state index in [0.29, 0.717) is 18.5 Å². The summed E-state index contributed by atoms with van der Waals surface area (Å²) in [6, 6.07) is 8.84. The van der Waals surface area contributed by atoms with Crippen molar-refractivity contribution < 1.29 is 19.5 Å². The summed E-state index contributed by atoms with van der Waals surface area (Å²) in [5, 5.41) is 11.5. The maximum atomic E-state index is 12.1. The molecule has 0 aromatic heterocycles. The molecule has 1 aromatic carbocycles. The third-order valence-electron chi connectivity index (χ3n) is 3.40. The first-order chi connectivity index (χ1) is 10.9. The summed E-state index contributed by atoms with van der Waals surface area (Å²) in [6.45, 7) is 4.33. The first kappa shape index (κ1) is 18.7. The number of carboxylic acid groups (broad SMARTS) is 1. The summed E-state index contributed by atoms with van der Waals surface area (Å²) >= 11 is 0. The number of carbonyl (C=O) groups is 3. The molecule has 0 unspecified atom stereocenters. The smallest absolute Gasteiger partial charge is 0.305 e. The van der Waals surface area contributed by atoms with Crippen molar-refractivity contribution in [2.24, 2.45) is 0 Å². The van der Waals surface area contributed by atoms with Crippen LogP contribution >= 0.6 is 0 Å². The Labute approximate surface area is 136 Å². The number of aliphatic carboxylic acids is 1. The minimum absolute atomic E-state index is 0.0410. The molecule has 1 aromatic rings. The van der Waals surface area contributed by atoms with Crippen LogP contribution in [0, 0.1) is 0 Å². The predicted molar refractivity (Wildman–Crippen MR) is 87.1 cm³/mol. The second kappa shape index (κ2) is 9.61. The summed E-state index contributed by atoms with van der Waals surface area (Å²) < 4.78 is 0. The van der Waals surface area contributed by atoms with Crippen molar-refractivity contribution in [2.75, 3.05) is 13.1 Å². The van der Waals surface area contributed by atoms with Gasteiger partial charge in [-0.15, -0.1) is 0 Å². The predicted octanol–water partition coefficient (Wildman–Crippen LogP) is 1.91. The van der Waals surface area contributed by atoms with Crippen molar-refractivity contribution in [1.82, 2.24) is 10.2 Å². The van der Waals surface area contributed by atoms with Crippen LogP contribution < -0.4 is 5.32 Å². The van der Waals surface area contributed by atoms with Crippen molar-refractivity contribution in [2.45, 2.75) is 39.2 Å². The van der Waals surface area contributed by atoms with E-state index < -0.39 is 5.97 Å². The quantitative estimate of drug-likeness (QED) is 0.680. The van der Waals surface area contributed by atoms with Crippen LogP contribution in [0.1, 0.15) is 43.5 Å².